The number of hydrogen-bond donors (Lipinski definition) is 0. The quantitative estimate of drug-likeness (QED) is 0.197. The van der Waals surface area contributed by atoms with Crippen molar-refractivity contribution in [2.45, 2.75) is 124 Å². The van der Waals surface area contributed by atoms with Crippen molar-refractivity contribution >= 4 is 11.9 Å². The van der Waals surface area contributed by atoms with E-state index in [0.717, 1.165) is 94.0 Å². The Morgan fingerprint density at radius 2 is 1.56 bits per heavy atom. The number of rotatable bonds is 9. The van der Waals surface area contributed by atoms with Gasteiger partial charge in [-0.3, -0.25) is 9.59 Å². The van der Waals surface area contributed by atoms with E-state index in [4.69, 9.17) is 4.74 Å². The van der Waals surface area contributed by atoms with Crippen LogP contribution in [0.5, 0.6) is 0 Å². The minimum Gasteiger partial charge on any atom is -0.462 e. The van der Waals surface area contributed by atoms with E-state index in [1.54, 1.807) is 5.57 Å². The molecular formula is C39H67N3O3. The average Bonchev–Trinajstić information content (AvgIpc) is 3.38. The highest BCUT2D eigenvalue weighted by molar-refractivity contribution is 5.81. The molecule has 1 aliphatic heterocycles. The third kappa shape index (κ3) is 7.85. The molecule has 0 aromatic heterocycles. The lowest BCUT2D eigenvalue weighted by atomic mass is 9.47. The van der Waals surface area contributed by atoms with Crippen molar-refractivity contribution in [2.75, 3.05) is 53.4 Å². The minimum atomic E-state index is -0.197. The summed E-state index contributed by atoms with van der Waals surface area (Å²) in [5.41, 5.74) is 2.34. The van der Waals surface area contributed by atoms with Gasteiger partial charge in [0.25, 0.3) is 0 Å². The molecule has 5 rings (SSSR count). The van der Waals surface area contributed by atoms with Crippen molar-refractivity contribution in [3.8, 4) is 0 Å². The fourth-order valence-electron chi connectivity index (χ4n) is 10.9. The van der Waals surface area contributed by atoms with E-state index in [9.17, 15) is 9.59 Å². The third-order valence-electron chi connectivity index (χ3n) is 13.8. The van der Waals surface area contributed by atoms with Gasteiger partial charge in [-0.15, -0.1) is 0 Å². The molecular weight excluding hydrogens is 558 g/mol. The fraction of sp³-hybridized carbons (Fsp3) is 0.897. The van der Waals surface area contributed by atoms with Crippen LogP contribution in [-0.4, -0.2) is 86.0 Å². The van der Waals surface area contributed by atoms with Gasteiger partial charge in [-0.25, -0.2) is 0 Å². The Hall–Kier alpha value is -1.40. The highest BCUT2D eigenvalue weighted by Gasteiger charge is 2.59. The van der Waals surface area contributed by atoms with E-state index in [2.05, 4.69) is 64.6 Å². The van der Waals surface area contributed by atoms with Crippen LogP contribution in [0.15, 0.2) is 11.6 Å². The number of fused-ring (bicyclic) bond motifs is 5. The summed E-state index contributed by atoms with van der Waals surface area (Å²) in [5, 5.41) is 0. The summed E-state index contributed by atoms with van der Waals surface area (Å²) in [5.74, 6) is 4.92. The molecule has 0 spiro atoms. The first-order chi connectivity index (χ1) is 21.4. The predicted molar refractivity (Wildman–Crippen MR) is 184 cm³/mol. The van der Waals surface area contributed by atoms with Gasteiger partial charge in [0.1, 0.15) is 6.10 Å². The van der Waals surface area contributed by atoms with Crippen molar-refractivity contribution in [2.24, 2.45) is 46.3 Å². The van der Waals surface area contributed by atoms with E-state index < -0.39 is 0 Å². The summed E-state index contributed by atoms with van der Waals surface area (Å²) in [6, 6.07) is 0. The minimum absolute atomic E-state index is 0.0348. The molecule has 45 heavy (non-hydrogen) atoms. The molecule has 1 saturated heterocycles. The summed E-state index contributed by atoms with van der Waals surface area (Å²) >= 11 is 0. The molecule has 0 radical (unpaired) electrons. The number of ether oxygens (including phenoxy) is 1. The molecule has 8 atom stereocenters. The van der Waals surface area contributed by atoms with Gasteiger partial charge in [0, 0.05) is 52.1 Å². The maximum Gasteiger partial charge on any atom is 0.306 e. The van der Waals surface area contributed by atoms with Gasteiger partial charge < -0.3 is 19.4 Å². The highest BCUT2D eigenvalue weighted by Crippen LogP contribution is 2.67. The van der Waals surface area contributed by atoms with E-state index in [1.165, 1.54) is 51.4 Å². The lowest BCUT2D eigenvalue weighted by molar-refractivity contribution is -0.153. The normalized spacial score (nSPS) is 37.0. The summed E-state index contributed by atoms with van der Waals surface area (Å²) in [4.78, 5) is 32.5. The van der Waals surface area contributed by atoms with Gasteiger partial charge in [0.05, 0.1) is 6.42 Å². The van der Waals surface area contributed by atoms with Crippen molar-refractivity contribution in [3.63, 3.8) is 0 Å². The van der Waals surface area contributed by atoms with E-state index >= 15 is 0 Å². The Bertz CT molecular complexity index is 1040. The van der Waals surface area contributed by atoms with E-state index in [-0.39, 0.29) is 36.2 Å². The lowest BCUT2D eigenvalue weighted by Crippen LogP contribution is -2.51. The lowest BCUT2D eigenvalue weighted by Gasteiger charge is -2.58. The fourth-order valence-corrected chi connectivity index (χ4v) is 10.9. The second-order valence-electron chi connectivity index (χ2n) is 17.1. The molecule has 1 amide bonds. The van der Waals surface area contributed by atoms with Gasteiger partial charge in [-0.2, -0.15) is 0 Å². The first-order valence-corrected chi connectivity index (χ1v) is 18.9. The summed E-state index contributed by atoms with van der Waals surface area (Å²) in [6.45, 7) is 17.8. The number of carbonyl (C=O) groups is 2. The molecule has 0 N–H and O–H groups in total. The Morgan fingerprint density at radius 3 is 2.24 bits per heavy atom. The van der Waals surface area contributed by atoms with Crippen LogP contribution in [0.3, 0.4) is 0 Å². The number of carbonyl (C=O) groups excluding carboxylic acids is 2. The maximum atomic E-state index is 13.1. The van der Waals surface area contributed by atoms with Crippen molar-refractivity contribution in [3.05, 3.63) is 11.6 Å². The van der Waals surface area contributed by atoms with Crippen LogP contribution in [0.1, 0.15) is 118 Å². The van der Waals surface area contributed by atoms with Crippen molar-refractivity contribution in [1.82, 2.24) is 14.7 Å². The SMILES string of the molecule is CC(C)CCCC(C)C1CCC2[C@@H]3CC=C4C[C@@H](OC(=O)CCC(=O)N5CCN(C)CCN(C)CC5)CCC4(C)C3CCC12C. The largest absolute Gasteiger partial charge is 0.462 e. The predicted octanol–water partition coefficient (Wildman–Crippen LogP) is 7.43. The van der Waals surface area contributed by atoms with Gasteiger partial charge in [0.15, 0.2) is 0 Å². The molecule has 5 aliphatic rings. The topological polar surface area (TPSA) is 53.1 Å². The first-order valence-electron chi connectivity index (χ1n) is 18.9. The summed E-state index contributed by atoms with van der Waals surface area (Å²) in [6.07, 6.45) is 17.0. The van der Waals surface area contributed by atoms with Crippen LogP contribution in [0.2, 0.25) is 0 Å². The number of esters is 1. The Kier molecular flexibility index (Phi) is 11.5. The molecule has 4 fully saturated rings. The molecule has 4 aliphatic carbocycles. The standard InChI is InChI=1S/C39H67N3O3/c1-28(2)9-8-10-29(3)33-13-14-34-32-12-11-30-27-31(17-19-38(30,4)35(32)18-20-39(33,34)5)45-37(44)16-15-36(43)42-25-23-40(6)21-22-41(7)24-26-42/h11,28-29,31-35H,8-10,12-27H2,1-7H3/t29?,31-,32-,33?,34?,35?,38?,39?/m0/s1. The Balaban J connectivity index is 1.13. The van der Waals surface area contributed by atoms with Crippen molar-refractivity contribution < 1.29 is 14.3 Å². The molecule has 6 heteroatoms. The number of amides is 1. The highest BCUT2D eigenvalue weighted by atomic mass is 16.5. The maximum absolute atomic E-state index is 13.1. The Labute approximate surface area is 276 Å². The van der Waals surface area contributed by atoms with Crippen LogP contribution >= 0.6 is 0 Å². The summed E-state index contributed by atoms with van der Waals surface area (Å²) < 4.78 is 6.06. The van der Waals surface area contributed by atoms with Crippen LogP contribution in [0.25, 0.3) is 0 Å². The zero-order valence-electron chi connectivity index (χ0n) is 30.1. The second-order valence-corrected chi connectivity index (χ2v) is 17.1. The molecule has 6 nitrogen and oxygen atoms in total. The van der Waals surface area contributed by atoms with Gasteiger partial charge in [0.2, 0.25) is 5.91 Å². The van der Waals surface area contributed by atoms with Crippen LogP contribution in [0, 0.1) is 46.3 Å². The molecule has 1 heterocycles. The van der Waals surface area contributed by atoms with Crippen LogP contribution in [-0.2, 0) is 14.3 Å². The molecule has 0 bridgehead atoms. The number of hydrogen-bond acceptors (Lipinski definition) is 5. The number of allylic oxidation sites excluding steroid dienone is 1. The second kappa shape index (κ2) is 14.8. The first kappa shape index (κ1) is 34.9. The van der Waals surface area contributed by atoms with E-state index in [0.29, 0.717) is 5.41 Å². The van der Waals surface area contributed by atoms with Gasteiger partial charge in [-0.05, 0) is 105 Å². The summed E-state index contributed by atoms with van der Waals surface area (Å²) in [7, 11) is 4.23. The van der Waals surface area contributed by atoms with Crippen molar-refractivity contribution in [1.29, 1.82) is 0 Å². The van der Waals surface area contributed by atoms with Gasteiger partial charge >= 0.3 is 5.97 Å². The van der Waals surface area contributed by atoms with Crippen LogP contribution in [0.4, 0.5) is 0 Å². The molecule has 3 saturated carbocycles. The van der Waals surface area contributed by atoms with Crippen LogP contribution < -0.4 is 0 Å². The van der Waals surface area contributed by atoms with E-state index in [1.807, 2.05) is 4.90 Å². The monoisotopic (exact) mass is 626 g/mol. The van der Waals surface area contributed by atoms with Gasteiger partial charge in [-0.1, -0.05) is 65.5 Å². The number of nitrogens with zero attached hydrogens (tertiary/aromatic N) is 3. The molecule has 0 aromatic rings. The zero-order valence-corrected chi connectivity index (χ0v) is 30.1. The Morgan fingerprint density at radius 1 is 0.867 bits per heavy atom. The molecule has 0 aromatic carbocycles. The molecule has 6 unspecified atom stereocenters. The zero-order chi connectivity index (χ0) is 32.4. The third-order valence-corrected chi connectivity index (χ3v) is 13.8. The molecule has 256 valence electrons. The number of likely N-dealkylation sites (N-methyl/N-ethyl adjacent to an activating group) is 2. The average molecular weight is 626 g/mol. The smallest absolute Gasteiger partial charge is 0.306 e.